The maximum atomic E-state index is 4.48. The van der Waals surface area contributed by atoms with Crippen LogP contribution in [0.1, 0.15) is 25.8 Å². The van der Waals surface area contributed by atoms with E-state index in [4.69, 9.17) is 0 Å². The van der Waals surface area contributed by atoms with E-state index < -0.39 is 0 Å². The summed E-state index contributed by atoms with van der Waals surface area (Å²) >= 11 is 6.24. The van der Waals surface area contributed by atoms with E-state index in [9.17, 15) is 0 Å². The topological polar surface area (TPSA) is 15.8 Å². The van der Waals surface area contributed by atoms with Crippen LogP contribution in [0, 0.1) is 0 Å². The molecule has 0 saturated heterocycles. The van der Waals surface area contributed by atoms with Gasteiger partial charge in [0.25, 0.3) is 0 Å². The Kier molecular flexibility index (Phi) is 6.21. The van der Waals surface area contributed by atoms with Gasteiger partial charge in [0, 0.05) is 31.6 Å². The molecule has 3 aromatic rings. The standard InChI is InChI=1S/C27H25NS2/c1-18(2)9-5-4-6-10-20-14-22(17-29)30-27-16-26-24(15-21(27)13-19(20)3)23-11-7-8-12-25(23)28-26/h4-9,11-17,28-29H,1,10H2,2-3H3/b6-4-,9-5-,19-13-,20-14-,22-17-. The third-order valence-corrected chi connectivity index (χ3v) is 6.65. The third kappa shape index (κ3) is 4.43. The lowest BCUT2D eigenvalue weighted by Crippen LogP contribution is -1.92. The van der Waals surface area contributed by atoms with Crippen LogP contribution in [0.3, 0.4) is 0 Å². The van der Waals surface area contributed by atoms with Crippen molar-refractivity contribution in [3.63, 3.8) is 0 Å². The van der Waals surface area contributed by atoms with Crippen molar-refractivity contribution < 1.29 is 0 Å². The van der Waals surface area contributed by atoms with Crippen molar-refractivity contribution in [2.45, 2.75) is 25.2 Å². The number of para-hydroxylation sites is 1. The second kappa shape index (κ2) is 9.03. The Balaban J connectivity index is 1.75. The van der Waals surface area contributed by atoms with Gasteiger partial charge in [-0.2, -0.15) is 12.6 Å². The highest BCUT2D eigenvalue weighted by Crippen LogP contribution is 2.40. The van der Waals surface area contributed by atoms with Crippen LogP contribution in [0.25, 0.3) is 27.9 Å². The minimum atomic E-state index is 0.874. The van der Waals surface area contributed by atoms with Crippen molar-refractivity contribution in [2.75, 3.05) is 0 Å². The van der Waals surface area contributed by atoms with E-state index in [-0.39, 0.29) is 0 Å². The zero-order chi connectivity index (χ0) is 21.1. The highest BCUT2D eigenvalue weighted by molar-refractivity contribution is 8.04. The summed E-state index contributed by atoms with van der Waals surface area (Å²) < 4.78 is 0. The van der Waals surface area contributed by atoms with Crippen LogP contribution >= 0.6 is 24.4 Å². The Hall–Kier alpha value is -2.62. The molecule has 1 nitrogen and oxygen atoms in total. The molecule has 150 valence electrons. The van der Waals surface area contributed by atoms with Gasteiger partial charge in [-0.05, 0) is 66.7 Å². The van der Waals surface area contributed by atoms with Crippen molar-refractivity contribution in [1.29, 1.82) is 0 Å². The first-order chi connectivity index (χ1) is 14.5. The van der Waals surface area contributed by atoms with Gasteiger partial charge in [0.05, 0.1) is 0 Å². The molecule has 1 aliphatic heterocycles. The summed E-state index contributed by atoms with van der Waals surface area (Å²) in [6.07, 6.45) is 13.8. The van der Waals surface area contributed by atoms with E-state index >= 15 is 0 Å². The van der Waals surface area contributed by atoms with Crippen LogP contribution in [-0.2, 0) is 0 Å². The van der Waals surface area contributed by atoms with Gasteiger partial charge in [-0.1, -0.05) is 72.5 Å². The summed E-state index contributed by atoms with van der Waals surface area (Å²) in [5, 5.41) is 4.43. The van der Waals surface area contributed by atoms with E-state index in [1.54, 1.807) is 11.8 Å². The molecule has 2 heterocycles. The molecule has 4 rings (SSSR count). The Morgan fingerprint density at radius 3 is 2.73 bits per heavy atom. The zero-order valence-electron chi connectivity index (χ0n) is 17.3. The molecule has 0 saturated carbocycles. The maximum absolute atomic E-state index is 4.48. The monoisotopic (exact) mass is 427 g/mol. The first-order valence-electron chi connectivity index (χ1n) is 10.00. The predicted octanol–water partition coefficient (Wildman–Crippen LogP) is 8.61. The van der Waals surface area contributed by atoms with Crippen LogP contribution in [0.4, 0.5) is 0 Å². The van der Waals surface area contributed by atoms with Gasteiger partial charge < -0.3 is 4.98 Å². The molecule has 0 amide bonds. The number of aromatic amines is 1. The van der Waals surface area contributed by atoms with Crippen LogP contribution in [0.15, 0.2) is 105 Å². The van der Waals surface area contributed by atoms with E-state index in [1.165, 1.54) is 43.4 Å². The van der Waals surface area contributed by atoms with Gasteiger partial charge in [-0.3, -0.25) is 0 Å². The van der Waals surface area contributed by atoms with Crippen molar-refractivity contribution in [1.82, 2.24) is 4.98 Å². The predicted molar refractivity (Wildman–Crippen MR) is 138 cm³/mol. The lowest BCUT2D eigenvalue weighted by molar-refractivity contribution is 1.21. The summed E-state index contributed by atoms with van der Waals surface area (Å²) in [6, 6.07) is 13.1. The van der Waals surface area contributed by atoms with Gasteiger partial charge in [0.15, 0.2) is 0 Å². The third-order valence-electron chi connectivity index (χ3n) is 5.15. The van der Waals surface area contributed by atoms with Crippen LogP contribution in [0.2, 0.25) is 0 Å². The fourth-order valence-corrected chi connectivity index (χ4v) is 4.79. The fourth-order valence-electron chi connectivity index (χ4n) is 3.64. The number of aromatic nitrogens is 1. The molecule has 0 unspecified atom stereocenters. The van der Waals surface area contributed by atoms with E-state index in [2.05, 4.69) is 91.8 Å². The number of thioether (sulfide) groups is 1. The van der Waals surface area contributed by atoms with E-state index in [0.29, 0.717) is 0 Å². The Labute approximate surface area is 188 Å². The minimum Gasteiger partial charge on any atom is -0.354 e. The molecule has 1 aromatic heterocycles. The number of benzene rings is 2. The summed E-state index contributed by atoms with van der Waals surface area (Å²) in [7, 11) is 0. The molecule has 1 aliphatic rings. The fraction of sp³-hybridized carbons (Fsp3) is 0.111. The van der Waals surface area contributed by atoms with Gasteiger partial charge in [-0.25, -0.2) is 0 Å². The second-order valence-electron chi connectivity index (χ2n) is 7.57. The van der Waals surface area contributed by atoms with Gasteiger partial charge in [0.1, 0.15) is 0 Å². The smallest absolute Gasteiger partial charge is 0.0476 e. The number of hydrogen-bond donors (Lipinski definition) is 2. The van der Waals surface area contributed by atoms with Gasteiger partial charge >= 0.3 is 0 Å². The number of nitrogens with one attached hydrogen (secondary N) is 1. The first-order valence-corrected chi connectivity index (χ1v) is 11.3. The number of H-pyrrole nitrogens is 1. The molecule has 30 heavy (non-hydrogen) atoms. The number of fused-ring (bicyclic) bond motifs is 4. The zero-order valence-corrected chi connectivity index (χ0v) is 19.0. The SMILES string of the molecule is C=C(C)/C=C\C=C/CC1=C/C(=C/S)Sc2cc3[nH]c4ccccc4c3cc2/C=C\1C. The van der Waals surface area contributed by atoms with E-state index in [1.807, 2.05) is 24.5 Å². The summed E-state index contributed by atoms with van der Waals surface area (Å²) in [4.78, 5) is 5.94. The van der Waals surface area contributed by atoms with Crippen molar-refractivity contribution >= 4 is 52.3 Å². The molecule has 0 atom stereocenters. The molecule has 0 bridgehead atoms. The summed E-state index contributed by atoms with van der Waals surface area (Å²) in [5.41, 5.74) is 7.22. The number of allylic oxidation sites excluding steroid dienone is 8. The molecular formula is C27H25NS2. The number of thiol groups is 1. The Morgan fingerprint density at radius 1 is 1.10 bits per heavy atom. The van der Waals surface area contributed by atoms with Crippen molar-refractivity contribution in [2.24, 2.45) is 0 Å². The molecule has 0 spiro atoms. The first kappa shape index (κ1) is 20.6. The molecule has 0 fully saturated rings. The summed E-state index contributed by atoms with van der Waals surface area (Å²) in [6.45, 7) is 8.09. The minimum absolute atomic E-state index is 0.874. The Morgan fingerprint density at radius 2 is 1.93 bits per heavy atom. The average molecular weight is 428 g/mol. The van der Waals surface area contributed by atoms with Crippen molar-refractivity contribution in [3.05, 3.63) is 106 Å². The van der Waals surface area contributed by atoms with E-state index in [0.717, 1.165) is 16.9 Å². The second-order valence-corrected chi connectivity index (χ2v) is 8.95. The molecule has 3 heteroatoms. The average Bonchev–Trinajstić information content (AvgIpc) is 3.08. The summed E-state index contributed by atoms with van der Waals surface area (Å²) in [5.74, 6) is 0. The van der Waals surface area contributed by atoms with Gasteiger partial charge in [-0.15, -0.1) is 0 Å². The van der Waals surface area contributed by atoms with Crippen molar-refractivity contribution in [3.8, 4) is 0 Å². The lowest BCUT2D eigenvalue weighted by atomic mass is 9.99. The number of rotatable bonds is 4. The molecule has 0 radical (unpaired) electrons. The highest BCUT2D eigenvalue weighted by atomic mass is 32.2. The molecule has 1 N–H and O–H groups in total. The molecular weight excluding hydrogens is 402 g/mol. The number of hydrogen-bond acceptors (Lipinski definition) is 2. The van der Waals surface area contributed by atoms with Crippen LogP contribution in [-0.4, -0.2) is 4.98 Å². The lowest BCUT2D eigenvalue weighted by Gasteiger charge is -2.15. The quantitative estimate of drug-likeness (QED) is 0.314. The molecule has 2 aromatic carbocycles. The maximum Gasteiger partial charge on any atom is 0.0476 e. The van der Waals surface area contributed by atoms with Crippen LogP contribution in [0.5, 0.6) is 0 Å². The normalized spacial score (nSPS) is 19.6. The van der Waals surface area contributed by atoms with Crippen LogP contribution < -0.4 is 0 Å². The molecule has 0 aliphatic carbocycles. The Bertz CT molecular complexity index is 1280. The largest absolute Gasteiger partial charge is 0.354 e. The van der Waals surface area contributed by atoms with Gasteiger partial charge in [0.2, 0.25) is 0 Å². The highest BCUT2D eigenvalue weighted by Gasteiger charge is 2.14.